The van der Waals surface area contributed by atoms with Crippen molar-refractivity contribution in [1.29, 1.82) is 0 Å². The van der Waals surface area contributed by atoms with Crippen molar-refractivity contribution >= 4 is 34.1 Å². The SMILES string of the molecule is Cc1ccnc2c(NC(=O)c3ccc(N4C(=O)[C@H]5[C@@H](C4O)[C@H]4C=C[C@@H]5C4)cc3)cccc12. The van der Waals surface area contributed by atoms with Gasteiger partial charge in [-0.1, -0.05) is 24.3 Å². The standard InChI is InChI=1S/C26H23N3O3/c1-14-11-12-27-23-19(14)3-2-4-20(23)28-24(30)15-7-9-18(10-8-15)29-25(31)21-16-5-6-17(13-16)22(21)26(29)32/h2-12,16-17,21-22,25,31H,13H2,1H3,(H,28,30)/t16-,17+,21-,22+,25?/m0/s1. The fraction of sp³-hybridized carbons (Fsp3) is 0.269. The monoisotopic (exact) mass is 425 g/mol. The van der Waals surface area contributed by atoms with Gasteiger partial charge in [-0.15, -0.1) is 0 Å². The zero-order chi connectivity index (χ0) is 22.0. The minimum absolute atomic E-state index is 0.0197. The van der Waals surface area contributed by atoms with Gasteiger partial charge in [0, 0.05) is 28.8 Å². The number of hydrogen-bond donors (Lipinski definition) is 2. The van der Waals surface area contributed by atoms with Crippen LogP contribution in [0.4, 0.5) is 11.4 Å². The van der Waals surface area contributed by atoms with E-state index in [1.807, 2.05) is 31.2 Å². The first-order valence-corrected chi connectivity index (χ1v) is 11.0. The molecular formula is C26H23N3O3. The number of amides is 2. The number of allylic oxidation sites excluding steroid dienone is 2. The van der Waals surface area contributed by atoms with Gasteiger partial charge in [-0.3, -0.25) is 19.5 Å². The summed E-state index contributed by atoms with van der Waals surface area (Å²) in [5.41, 5.74) is 3.59. The highest BCUT2D eigenvalue weighted by molar-refractivity contribution is 6.09. The lowest BCUT2D eigenvalue weighted by Gasteiger charge is -2.25. The first-order valence-electron chi connectivity index (χ1n) is 11.0. The molecule has 0 spiro atoms. The highest BCUT2D eigenvalue weighted by Gasteiger charge is 2.59. The Balaban J connectivity index is 1.24. The minimum atomic E-state index is -0.822. The number of pyridine rings is 1. The third-order valence-electron chi connectivity index (χ3n) is 7.30. The van der Waals surface area contributed by atoms with Crippen LogP contribution in [0.3, 0.4) is 0 Å². The molecule has 2 bridgehead atoms. The molecule has 160 valence electrons. The van der Waals surface area contributed by atoms with E-state index in [2.05, 4.69) is 22.5 Å². The molecule has 1 aliphatic heterocycles. The summed E-state index contributed by atoms with van der Waals surface area (Å²) >= 11 is 0. The Morgan fingerprint density at radius 2 is 1.88 bits per heavy atom. The Morgan fingerprint density at radius 1 is 1.09 bits per heavy atom. The summed E-state index contributed by atoms with van der Waals surface area (Å²) in [7, 11) is 0. The first kappa shape index (κ1) is 19.2. The molecule has 2 aromatic carbocycles. The van der Waals surface area contributed by atoms with E-state index in [-0.39, 0.29) is 35.5 Å². The van der Waals surface area contributed by atoms with E-state index in [1.165, 1.54) is 4.90 Å². The normalized spacial score (nSPS) is 27.9. The zero-order valence-corrected chi connectivity index (χ0v) is 17.6. The molecule has 3 aromatic rings. The van der Waals surface area contributed by atoms with Crippen molar-refractivity contribution in [2.75, 3.05) is 10.2 Å². The summed E-state index contributed by atoms with van der Waals surface area (Å²) in [6, 6.07) is 14.5. The summed E-state index contributed by atoms with van der Waals surface area (Å²) in [6.45, 7) is 2.01. The summed E-state index contributed by atoms with van der Waals surface area (Å²) < 4.78 is 0. The second-order valence-electron chi connectivity index (χ2n) is 9.00. The van der Waals surface area contributed by atoms with E-state index in [0.717, 1.165) is 22.9 Å². The van der Waals surface area contributed by atoms with Gasteiger partial charge in [0.05, 0.1) is 17.1 Å². The van der Waals surface area contributed by atoms with Crippen LogP contribution in [0.2, 0.25) is 0 Å². The van der Waals surface area contributed by atoms with Crippen molar-refractivity contribution in [3.8, 4) is 0 Å². The average molecular weight is 425 g/mol. The number of hydrogen-bond acceptors (Lipinski definition) is 4. The number of anilines is 2. The molecule has 3 aliphatic rings. The van der Waals surface area contributed by atoms with Gasteiger partial charge in [0.2, 0.25) is 5.91 Å². The molecule has 1 aromatic heterocycles. The van der Waals surface area contributed by atoms with Crippen molar-refractivity contribution in [3.63, 3.8) is 0 Å². The number of carbonyl (C=O) groups is 2. The molecule has 2 N–H and O–H groups in total. The maximum atomic E-state index is 13.0. The fourth-order valence-corrected chi connectivity index (χ4v) is 5.74. The number of aryl methyl sites for hydroxylation is 1. The number of aromatic nitrogens is 1. The summed E-state index contributed by atoms with van der Waals surface area (Å²) in [5, 5.41) is 14.8. The largest absolute Gasteiger partial charge is 0.373 e. The van der Waals surface area contributed by atoms with Gasteiger partial charge in [0.15, 0.2) is 0 Å². The van der Waals surface area contributed by atoms with E-state index in [1.54, 1.807) is 30.5 Å². The Bertz CT molecular complexity index is 1280. The predicted molar refractivity (Wildman–Crippen MR) is 122 cm³/mol. The lowest BCUT2D eigenvalue weighted by molar-refractivity contribution is -0.121. The molecule has 1 saturated heterocycles. The highest BCUT2D eigenvalue weighted by atomic mass is 16.3. The van der Waals surface area contributed by atoms with E-state index in [0.29, 0.717) is 16.9 Å². The fourth-order valence-electron chi connectivity index (χ4n) is 5.74. The number of para-hydroxylation sites is 1. The number of carbonyl (C=O) groups excluding carboxylic acids is 2. The minimum Gasteiger partial charge on any atom is -0.373 e. The van der Waals surface area contributed by atoms with Gasteiger partial charge < -0.3 is 10.4 Å². The molecule has 6 rings (SSSR count). The van der Waals surface area contributed by atoms with Crippen molar-refractivity contribution < 1.29 is 14.7 Å². The molecule has 1 saturated carbocycles. The van der Waals surface area contributed by atoms with Crippen LogP contribution in [-0.2, 0) is 4.79 Å². The van der Waals surface area contributed by atoms with Gasteiger partial charge in [0.25, 0.3) is 5.91 Å². The molecule has 2 heterocycles. The zero-order valence-electron chi connectivity index (χ0n) is 17.6. The van der Waals surface area contributed by atoms with Crippen LogP contribution in [-0.4, -0.2) is 28.1 Å². The van der Waals surface area contributed by atoms with E-state index >= 15 is 0 Å². The quantitative estimate of drug-likeness (QED) is 0.624. The molecule has 32 heavy (non-hydrogen) atoms. The smallest absolute Gasteiger partial charge is 0.255 e. The van der Waals surface area contributed by atoms with E-state index in [9.17, 15) is 14.7 Å². The number of benzene rings is 2. The lowest BCUT2D eigenvalue weighted by Crippen LogP contribution is -2.36. The van der Waals surface area contributed by atoms with Gasteiger partial charge in [-0.2, -0.15) is 0 Å². The molecule has 2 aliphatic carbocycles. The number of aliphatic hydroxyl groups is 1. The molecule has 5 atom stereocenters. The number of nitrogens with zero attached hydrogens (tertiary/aromatic N) is 2. The van der Waals surface area contributed by atoms with E-state index < -0.39 is 6.23 Å². The van der Waals surface area contributed by atoms with Crippen LogP contribution in [0.5, 0.6) is 0 Å². The number of fused-ring (bicyclic) bond motifs is 6. The van der Waals surface area contributed by atoms with Gasteiger partial charge in [-0.25, -0.2) is 0 Å². The Morgan fingerprint density at radius 3 is 2.66 bits per heavy atom. The summed E-state index contributed by atoms with van der Waals surface area (Å²) in [5.74, 6) is 0.0682. The predicted octanol–water partition coefficient (Wildman–Crippen LogP) is 3.90. The molecule has 6 heteroatoms. The average Bonchev–Trinajstić information content (AvgIpc) is 3.48. The third kappa shape index (κ3) is 2.72. The maximum absolute atomic E-state index is 13.0. The van der Waals surface area contributed by atoms with Crippen LogP contribution in [0, 0.1) is 30.6 Å². The van der Waals surface area contributed by atoms with E-state index in [4.69, 9.17) is 0 Å². The maximum Gasteiger partial charge on any atom is 0.255 e. The highest BCUT2D eigenvalue weighted by Crippen LogP contribution is 2.54. The van der Waals surface area contributed by atoms with Crippen LogP contribution in [0.25, 0.3) is 10.9 Å². The van der Waals surface area contributed by atoms with Crippen LogP contribution < -0.4 is 10.2 Å². The number of aliphatic hydroxyl groups excluding tert-OH is 1. The van der Waals surface area contributed by atoms with Gasteiger partial charge in [-0.05, 0) is 67.1 Å². The van der Waals surface area contributed by atoms with Gasteiger partial charge in [0.1, 0.15) is 6.23 Å². The van der Waals surface area contributed by atoms with Crippen LogP contribution in [0.15, 0.2) is 66.9 Å². The van der Waals surface area contributed by atoms with Crippen molar-refractivity contribution in [2.24, 2.45) is 23.7 Å². The van der Waals surface area contributed by atoms with Crippen molar-refractivity contribution in [3.05, 3.63) is 78.0 Å². The summed E-state index contributed by atoms with van der Waals surface area (Å²) in [4.78, 5) is 31.9. The molecule has 2 fully saturated rings. The third-order valence-corrected chi connectivity index (χ3v) is 7.30. The number of nitrogens with one attached hydrogen (secondary N) is 1. The topological polar surface area (TPSA) is 82.5 Å². The van der Waals surface area contributed by atoms with Crippen molar-refractivity contribution in [2.45, 2.75) is 19.6 Å². The molecule has 1 unspecified atom stereocenters. The molecule has 0 radical (unpaired) electrons. The second kappa shape index (κ2) is 7.00. The van der Waals surface area contributed by atoms with Crippen LogP contribution >= 0.6 is 0 Å². The Kier molecular flexibility index (Phi) is 4.20. The molecule has 2 amide bonds. The molecular weight excluding hydrogens is 402 g/mol. The Hall–Kier alpha value is -3.51. The first-order chi connectivity index (χ1) is 15.5. The van der Waals surface area contributed by atoms with Gasteiger partial charge >= 0.3 is 0 Å². The Labute approximate surface area is 185 Å². The molecule has 6 nitrogen and oxygen atoms in total. The summed E-state index contributed by atoms with van der Waals surface area (Å²) in [6.07, 6.45) is 6.14. The van der Waals surface area contributed by atoms with Crippen LogP contribution in [0.1, 0.15) is 22.3 Å². The second-order valence-corrected chi connectivity index (χ2v) is 9.00. The number of rotatable bonds is 3. The van der Waals surface area contributed by atoms with Crippen molar-refractivity contribution in [1.82, 2.24) is 4.98 Å². The lowest BCUT2D eigenvalue weighted by atomic mass is 9.85.